The number of nitrogens with two attached hydrogens (primary N) is 1. The van der Waals surface area contributed by atoms with Crippen LogP contribution in [0.1, 0.15) is 0 Å². The number of aliphatic hydroxyl groups excluding tert-OH is 4. The molecule has 0 aliphatic heterocycles. The van der Waals surface area contributed by atoms with E-state index in [0.717, 1.165) is 6.21 Å². The van der Waals surface area contributed by atoms with E-state index in [1.54, 1.807) is 0 Å². The molecule has 78 valence electrons. The second kappa shape index (κ2) is 5.84. The van der Waals surface area contributed by atoms with Crippen LogP contribution in [0.5, 0.6) is 0 Å². The molecule has 0 spiro atoms. The van der Waals surface area contributed by atoms with Crippen LogP contribution >= 0.6 is 0 Å². The van der Waals surface area contributed by atoms with Gasteiger partial charge in [0.2, 0.25) is 0 Å². The molecule has 0 rings (SSSR count). The van der Waals surface area contributed by atoms with Crippen molar-refractivity contribution in [1.29, 1.82) is 0 Å². The zero-order valence-corrected chi connectivity index (χ0v) is 6.85. The Labute approximate surface area is 74.7 Å². The quantitative estimate of drug-likeness (QED) is 0.155. The van der Waals surface area contributed by atoms with Crippen LogP contribution in [-0.2, 0) is 0 Å². The van der Waals surface area contributed by atoms with E-state index in [-0.39, 0.29) is 0 Å². The molecule has 7 N–H and O–H groups in total. The zero-order valence-electron chi connectivity index (χ0n) is 6.85. The van der Waals surface area contributed by atoms with Crippen LogP contribution in [0, 0.1) is 0 Å². The molecule has 0 fully saturated rings. The summed E-state index contributed by atoms with van der Waals surface area (Å²) in [7, 11) is 0. The van der Waals surface area contributed by atoms with Crippen molar-refractivity contribution >= 4 is 6.21 Å². The second-order valence-electron chi connectivity index (χ2n) is 2.57. The van der Waals surface area contributed by atoms with Gasteiger partial charge in [0.05, 0.1) is 18.9 Å². The van der Waals surface area contributed by atoms with Gasteiger partial charge in [-0.25, -0.2) is 0 Å². The summed E-state index contributed by atoms with van der Waals surface area (Å²) in [6.07, 6.45) is -3.76. The Hall–Kier alpha value is -0.730. The summed E-state index contributed by atoms with van der Waals surface area (Å²) >= 11 is 0. The van der Waals surface area contributed by atoms with Crippen molar-refractivity contribution in [2.45, 2.75) is 24.4 Å². The van der Waals surface area contributed by atoms with E-state index >= 15 is 0 Å². The lowest BCUT2D eigenvalue weighted by atomic mass is 10.0. The highest BCUT2D eigenvalue weighted by Crippen LogP contribution is 2.01. The molecule has 7 nitrogen and oxygen atoms in total. The van der Waals surface area contributed by atoms with E-state index in [2.05, 4.69) is 5.16 Å². The van der Waals surface area contributed by atoms with Crippen LogP contribution in [-0.4, -0.2) is 62.8 Å². The van der Waals surface area contributed by atoms with Gasteiger partial charge in [-0.3, -0.25) is 0 Å². The lowest BCUT2D eigenvalue weighted by Crippen LogP contribution is -2.49. The molecule has 4 atom stereocenters. The first-order valence-electron chi connectivity index (χ1n) is 3.62. The van der Waals surface area contributed by atoms with Crippen molar-refractivity contribution in [3.8, 4) is 0 Å². The summed E-state index contributed by atoms with van der Waals surface area (Å²) in [5, 5.41) is 46.2. The molecule has 0 radical (unpaired) electrons. The van der Waals surface area contributed by atoms with E-state index in [0.29, 0.717) is 0 Å². The molecule has 13 heavy (non-hydrogen) atoms. The molecule has 0 heterocycles. The second-order valence-corrected chi connectivity index (χ2v) is 2.57. The van der Waals surface area contributed by atoms with Gasteiger partial charge in [-0.15, -0.1) is 5.16 Å². The summed E-state index contributed by atoms with van der Waals surface area (Å²) in [4.78, 5) is 0. The van der Waals surface area contributed by atoms with Gasteiger partial charge in [0.1, 0.15) is 18.3 Å². The highest BCUT2D eigenvalue weighted by molar-refractivity contribution is 5.64. The minimum absolute atomic E-state index is 0.693. The largest absolute Gasteiger partial charge is 0.411 e. The van der Waals surface area contributed by atoms with Gasteiger partial charge in [0.15, 0.2) is 0 Å². The van der Waals surface area contributed by atoms with Gasteiger partial charge in [0.25, 0.3) is 0 Å². The number of oxime groups is 1. The van der Waals surface area contributed by atoms with Crippen LogP contribution in [0.3, 0.4) is 0 Å². The Morgan fingerprint density at radius 2 is 1.77 bits per heavy atom. The third kappa shape index (κ3) is 3.66. The molecule has 0 aromatic heterocycles. The third-order valence-corrected chi connectivity index (χ3v) is 1.56. The van der Waals surface area contributed by atoms with Gasteiger partial charge in [0, 0.05) is 0 Å². The minimum atomic E-state index is -1.59. The summed E-state index contributed by atoms with van der Waals surface area (Å²) in [6.45, 7) is -0.693. The fraction of sp³-hybridized carbons (Fsp3) is 0.833. The molecule has 0 unspecified atom stereocenters. The van der Waals surface area contributed by atoms with Crippen molar-refractivity contribution in [3.05, 3.63) is 0 Å². The fourth-order valence-corrected chi connectivity index (χ4v) is 0.728. The summed E-state index contributed by atoms with van der Waals surface area (Å²) in [6, 6.07) is -1.11. The number of hydrogen-bond donors (Lipinski definition) is 6. The van der Waals surface area contributed by atoms with E-state index in [1.165, 1.54) is 0 Å². The average Bonchev–Trinajstić information content (AvgIpc) is 2.14. The van der Waals surface area contributed by atoms with E-state index in [1.807, 2.05) is 0 Å². The molecule has 0 aliphatic rings. The SMILES string of the molecule is N[C@H](C=NO)[C@@H](O)[C@H](O)[C@H](O)CO. The summed E-state index contributed by atoms with van der Waals surface area (Å²) < 4.78 is 0. The Bertz CT molecular complexity index is 165. The van der Waals surface area contributed by atoms with Gasteiger partial charge in [-0.05, 0) is 0 Å². The number of hydrogen-bond acceptors (Lipinski definition) is 7. The standard InChI is InChI=1S/C6H14N2O5/c7-3(1-8-13)5(11)6(12)4(10)2-9/h1,3-6,9-13H,2,7H2/t3-,4-,5-,6-/m1/s1. The van der Waals surface area contributed by atoms with Gasteiger partial charge < -0.3 is 31.4 Å². The molecule has 0 amide bonds. The predicted molar refractivity (Wildman–Crippen MR) is 43.4 cm³/mol. The summed E-state index contributed by atoms with van der Waals surface area (Å²) in [5.41, 5.74) is 5.21. The van der Waals surface area contributed by atoms with Crippen molar-refractivity contribution in [2.24, 2.45) is 10.9 Å². The van der Waals surface area contributed by atoms with Crippen LogP contribution in [0.2, 0.25) is 0 Å². The van der Waals surface area contributed by atoms with Gasteiger partial charge in [-0.1, -0.05) is 0 Å². The molecular formula is C6H14N2O5. The maximum atomic E-state index is 9.17. The lowest BCUT2D eigenvalue weighted by molar-refractivity contribution is -0.0772. The normalized spacial score (nSPS) is 21.3. The first-order chi connectivity index (χ1) is 6.04. The van der Waals surface area contributed by atoms with E-state index < -0.39 is 31.0 Å². The fourth-order valence-electron chi connectivity index (χ4n) is 0.728. The first-order valence-corrected chi connectivity index (χ1v) is 3.62. The lowest BCUT2D eigenvalue weighted by Gasteiger charge is -2.23. The van der Waals surface area contributed by atoms with Crippen molar-refractivity contribution in [1.82, 2.24) is 0 Å². The van der Waals surface area contributed by atoms with Crippen LogP contribution < -0.4 is 5.73 Å². The van der Waals surface area contributed by atoms with Crippen molar-refractivity contribution in [3.63, 3.8) is 0 Å². The Kier molecular flexibility index (Phi) is 5.51. The van der Waals surface area contributed by atoms with Gasteiger partial charge in [-0.2, -0.15) is 0 Å². The number of nitrogens with zero attached hydrogens (tertiary/aromatic N) is 1. The summed E-state index contributed by atoms with van der Waals surface area (Å²) in [5.74, 6) is 0. The first kappa shape index (κ1) is 12.3. The monoisotopic (exact) mass is 194 g/mol. The Morgan fingerprint density at radius 3 is 2.15 bits per heavy atom. The average molecular weight is 194 g/mol. The molecule has 0 aromatic rings. The maximum absolute atomic E-state index is 9.17. The molecule has 0 aromatic carbocycles. The van der Waals surface area contributed by atoms with Crippen LogP contribution in [0.4, 0.5) is 0 Å². The molecule has 7 heteroatoms. The highest BCUT2D eigenvalue weighted by Gasteiger charge is 2.28. The third-order valence-electron chi connectivity index (χ3n) is 1.56. The topological polar surface area (TPSA) is 140 Å². The van der Waals surface area contributed by atoms with E-state index in [4.69, 9.17) is 26.3 Å². The van der Waals surface area contributed by atoms with Crippen molar-refractivity contribution < 1.29 is 25.6 Å². The molecule has 0 saturated heterocycles. The predicted octanol–water partition coefficient (Wildman–Crippen LogP) is -3.15. The molecule has 0 bridgehead atoms. The number of aliphatic hydroxyl groups is 4. The zero-order chi connectivity index (χ0) is 10.4. The smallest absolute Gasteiger partial charge is 0.110 e. The van der Waals surface area contributed by atoms with E-state index in [9.17, 15) is 5.11 Å². The molecule has 0 aliphatic carbocycles. The maximum Gasteiger partial charge on any atom is 0.110 e. The molecule has 0 saturated carbocycles. The Morgan fingerprint density at radius 1 is 1.23 bits per heavy atom. The molecular weight excluding hydrogens is 180 g/mol. The van der Waals surface area contributed by atoms with Crippen molar-refractivity contribution in [2.75, 3.05) is 6.61 Å². The van der Waals surface area contributed by atoms with Crippen LogP contribution in [0.25, 0.3) is 0 Å². The number of rotatable bonds is 5. The Balaban J connectivity index is 4.15. The minimum Gasteiger partial charge on any atom is -0.411 e. The van der Waals surface area contributed by atoms with Gasteiger partial charge >= 0.3 is 0 Å². The van der Waals surface area contributed by atoms with Crippen LogP contribution in [0.15, 0.2) is 5.16 Å². The highest BCUT2D eigenvalue weighted by atomic mass is 16.4.